The molecule has 2 N–H and O–H groups in total. The highest BCUT2D eigenvalue weighted by molar-refractivity contribution is 5.67. The van der Waals surface area contributed by atoms with Gasteiger partial charge in [0.2, 0.25) is 0 Å². The molecule has 1 aromatic carbocycles. The summed E-state index contributed by atoms with van der Waals surface area (Å²) in [5.74, 6) is 0. The first-order chi connectivity index (χ1) is 8.56. The number of hydrogen-bond acceptors (Lipinski definition) is 3. The van der Waals surface area contributed by atoms with Crippen LogP contribution in [0.1, 0.15) is 37.5 Å². The second kappa shape index (κ2) is 7.01. The van der Waals surface area contributed by atoms with Crippen LogP contribution in [0, 0.1) is 6.92 Å². The lowest BCUT2D eigenvalue weighted by Crippen LogP contribution is -2.31. The first-order valence-corrected chi connectivity index (χ1v) is 6.24. The van der Waals surface area contributed by atoms with Crippen LogP contribution in [0.15, 0.2) is 24.3 Å². The van der Waals surface area contributed by atoms with Crippen LogP contribution in [0.4, 0.5) is 4.79 Å². The quantitative estimate of drug-likeness (QED) is 0.845. The van der Waals surface area contributed by atoms with Crippen molar-refractivity contribution in [1.29, 1.82) is 0 Å². The molecule has 4 nitrogen and oxygen atoms in total. The Morgan fingerprint density at radius 1 is 1.44 bits per heavy atom. The van der Waals surface area contributed by atoms with Crippen LogP contribution in [0.25, 0.3) is 0 Å². The molecule has 0 spiro atoms. The molecule has 0 saturated heterocycles. The standard InChI is InChI=1S/C14H21NO3/c1-4-9-15-14(17)18-11(3)13(16)12-8-6-5-7-10(12)2/h5-8,11,13,16H,4,9H2,1-3H3,(H,15,17). The molecule has 0 aliphatic rings. The van der Waals surface area contributed by atoms with E-state index >= 15 is 0 Å². The highest BCUT2D eigenvalue weighted by atomic mass is 16.6. The maximum atomic E-state index is 11.4. The topological polar surface area (TPSA) is 58.6 Å². The third-order valence-electron chi connectivity index (χ3n) is 2.76. The van der Waals surface area contributed by atoms with Crippen molar-refractivity contribution in [3.63, 3.8) is 0 Å². The molecule has 18 heavy (non-hydrogen) atoms. The molecule has 2 atom stereocenters. The summed E-state index contributed by atoms with van der Waals surface area (Å²) in [6, 6.07) is 7.52. The van der Waals surface area contributed by atoms with Gasteiger partial charge in [0.1, 0.15) is 12.2 Å². The Morgan fingerprint density at radius 2 is 2.11 bits per heavy atom. The largest absolute Gasteiger partial charge is 0.443 e. The fourth-order valence-electron chi connectivity index (χ4n) is 1.67. The van der Waals surface area contributed by atoms with Crippen molar-refractivity contribution in [1.82, 2.24) is 5.32 Å². The van der Waals surface area contributed by atoms with Crippen LogP contribution in [-0.4, -0.2) is 23.8 Å². The fourth-order valence-corrected chi connectivity index (χ4v) is 1.67. The molecule has 0 aliphatic carbocycles. The van der Waals surface area contributed by atoms with Crippen molar-refractivity contribution >= 4 is 6.09 Å². The van der Waals surface area contributed by atoms with Crippen LogP contribution in [0.5, 0.6) is 0 Å². The molecule has 0 bridgehead atoms. The SMILES string of the molecule is CCCNC(=O)OC(C)C(O)c1ccccc1C. The molecule has 0 heterocycles. The molecule has 0 aliphatic heterocycles. The van der Waals surface area contributed by atoms with Crippen molar-refractivity contribution < 1.29 is 14.6 Å². The number of carbonyl (C=O) groups excluding carboxylic acids is 1. The third kappa shape index (κ3) is 4.04. The molecule has 1 amide bonds. The van der Waals surface area contributed by atoms with Crippen LogP contribution in [-0.2, 0) is 4.74 Å². The molecule has 4 heteroatoms. The lowest BCUT2D eigenvalue weighted by atomic mass is 10.0. The minimum absolute atomic E-state index is 0.489. The fraction of sp³-hybridized carbons (Fsp3) is 0.500. The van der Waals surface area contributed by atoms with Gasteiger partial charge in [0.05, 0.1) is 0 Å². The molecular formula is C14H21NO3. The Morgan fingerprint density at radius 3 is 2.72 bits per heavy atom. The average molecular weight is 251 g/mol. The van der Waals surface area contributed by atoms with Gasteiger partial charge < -0.3 is 15.2 Å². The zero-order valence-electron chi connectivity index (χ0n) is 11.1. The first kappa shape index (κ1) is 14.5. The summed E-state index contributed by atoms with van der Waals surface area (Å²) in [7, 11) is 0. The van der Waals surface area contributed by atoms with Crippen molar-refractivity contribution in [3.05, 3.63) is 35.4 Å². The highest BCUT2D eigenvalue weighted by Gasteiger charge is 2.21. The molecule has 0 radical (unpaired) electrons. The average Bonchev–Trinajstić information content (AvgIpc) is 2.36. The van der Waals surface area contributed by atoms with Gasteiger partial charge in [-0.2, -0.15) is 0 Å². The van der Waals surface area contributed by atoms with Crippen LogP contribution >= 0.6 is 0 Å². The van der Waals surface area contributed by atoms with Gasteiger partial charge in [-0.05, 0) is 31.4 Å². The van der Waals surface area contributed by atoms with Crippen molar-refractivity contribution in [2.24, 2.45) is 0 Å². The molecule has 100 valence electrons. The summed E-state index contributed by atoms with van der Waals surface area (Å²) >= 11 is 0. The Kier molecular flexibility index (Phi) is 5.65. The van der Waals surface area contributed by atoms with Crippen molar-refractivity contribution in [2.75, 3.05) is 6.54 Å². The Hall–Kier alpha value is -1.55. The van der Waals surface area contributed by atoms with Gasteiger partial charge in [-0.3, -0.25) is 0 Å². The number of nitrogens with one attached hydrogen (secondary N) is 1. The number of alkyl carbamates (subject to hydrolysis) is 1. The predicted molar refractivity (Wildman–Crippen MR) is 70.4 cm³/mol. The number of benzene rings is 1. The van der Waals surface area contributed by atoms with E-state index in [0.29, 0.717) is 6.54 Å². The predicted octanol–water partition coefficient (Wildman–Crippen LogP) is 2.55. The van der Waals surface area contributed by atoms with E-state index in [4.69, 9.17) is 4.74 Å². The van der Waals surface area contributed by atoms with Crippen molar-refractivity contribution in [2.45, 2.75) is 39.4 Å². The van der Waals surface area contributed by atoms with Gasteiger partial charge in [0, 0.05) is 6.54 Å². The lowest BCUT2D eigenvalue weighted by molar-refractivity contribution is 0.0116. The number of aryl methyl sites for hydroxylation is 1. The summed E-state index contributed by atoms with van der Waals surface area (Å²) in [4.78, 5) is 11.4. The molecule has 0 fully saturated rings. The zero-order chi connectivity index (χ0) is 13.5. The van der Waals surface area contributed by atoms with Gasteiger partial charge in [0.15, 0.2) is 0 Å². The molecular weight excluding hydrogens is 230 g/mol. The molecule has 2 unspecified atom stereocenters. The Balaban J connectivity index is 2.59. The lowest BCUT2D eigenvalue weighted by Gasteiger charge is -2.21. The number of amides is 1. The summed E-state index contributed by atoms with van der Waals surface area (Å²) in [6.07, 6.45) is -1.03. The van der Waals surface area contributed by atoms with Gasteiger partial charge in [-0.15, -0.1) is 0 Å². The Bertz CT molecular complexity index is 392. The summed E-state index contributed by atoms with van der Waals surface area (Å²) in [6.45, 7) is 6.14. The summed E-state index contributed by atoms with van der Waals surface area (Å²) in [5.41, 5.74) is 1.77. The number of carbonyl (C=O) groups is 1. The van der Waals surface area contributed by atoms with E-state index in [1.54, 1.807) is 6.92 Å². The normalized spacial score (nSPS) is 13.8. The van der Waals surface area contributed by atoms with E-state index in [9.17, 15) is 9.90 Å². The summed E-state index contributed by atoms with van der Waals surface area (Å²) < 4.78 is 5.12. The maximum absolute atomic E-state index is 11.4. The molecule has 0 aromatic heterocycles. The van der Waals surface area contributed by atoms with Gasteiger partial charge in [-0.1, -0.05) is 31.2 Å². The van der Waals surface area contributed by atoms with E-state index in [1.807, 2.05) is 38.1 Å². The van der Waals surface area contributed by atoms with Gasteiger partial charge in [-0.25, -0.2) is 4.79 Å². The Labute approximate surface area is 108 Å². The van der Waals surface area contributed by atoms with E-state index in [2.05, 4.69) is 5.32 Å². The minimum Gasteiger partial charge on any atom is -0.443 e. The maximum Gasteiger partial charge on any atom is 0.407 e. The van der Waals surface area contributed by atoms with Crippen LogP contribution in [0.3, 0.4) is 0 Å². The second-order valence-corrected chi connectivity index (χ2v) is 4.34. The number of rotatable bonds is 5. The van der Waals surface area contributed by atoms with E-state index in [0.717, 1.165) is 17.5 Å². The number of aliphatic hydroxyl groups excluding tert-OH is 1. The zero-order valence-corrected chi connectivity index (χ0v) is 11.1. The van der Waals surface area contributed by atoms with E-state index in [1.165, 1.54) is 0 Å². The van der Waals surface area contributed by atoms with Crippen molar-refractivity contribution in [3.8, 4) is 0 Å². The van der Waals surface area contributed by atoms with E-state index < -0.39 is 18.3 Å². The molecule has 0 saturated carbocycles. The van der Waals surface area contributed by atoms with E-state index in [-0.39, 0.29) is 0 Å². The van der Waals surface area contributed by atoms with Gasteiger partial charge >= 0.3 is 6.09 Å². The highest BCUT2D eigenvalue weighted by Crippen LogP contribution is 2.22. The van der Waals surface area contributed by atoms with Crippen LogP contribution < -0.4 is 5.32 Å². The first-order valence-electron chi connectivity index (χ1n) is 6.24. The van der Waals surface area contributed by atoms with Gasteiger partial charge in [0.25, 0.3) is 0 Å². The number of hydrogen-bond donors (Lipinski definition) is 2. The second-order valence-electron chi connectivity index (χ2n) is 4.34. The number of ether oxygens (including phenoxy) is 1. The molecule has 1 aromatic rings. The van der Waals surface area contributed by atoms with Crippen LogP contribution in [0.2, 0.25) is 0 Å². The molecule has 1 rings (SSSR count). The number of aliphatic hydroxyl groups is 1. The summed E-state index contributed by atoms with van der Waals surface area (Å²) in [5, 5.41) is 12.8. The third-order valence-corrected chi connectivity index (χ3v) is 2.76. The minimum atomic E-state index is -0.807. The monoisotopic (exact) mass is 251 g/mol. The smallest absolute Gasteiger partial charge is 0.407 e.